The van der Waals surface area contributed by atoms with Crippen molar-refractivity contribution in [3.63, 3.8) is 0 Å². The lowest BCUT2D eigenvalue weighted by Crippen LogP contribution is -2.13. The lowest BCUT2D eigenvalue weighted by molar-refractivity contribution is 0.575. The summed E-state index contributed by atoms with van der Waals surface area (Å²) in [7, 11) is -2.49. The Hall–Kier alpha value is -1.33. The van der Waals surface area contributed by atoms with Gasteiger partial charge in [0.25, 0.3) is 10.0 Å². The standard InChI is InChI=1S/C15H12BrF2N3O2S2.ClH/c1-19-7-9-8-21(25(22,23)12-5-4-11(16)24-12)14(13(9)17)10-3-2-6-20-15(10)18;/h2-6,8,19H,7H2,1H3;1H. The molecule has 0 aliphatic rings. The monoisotopic (exact) mass is 483 g/mol. The lowest BCUT2D eigenvalue weighted by atomic mass is 10.2. The molecule has 3 aromatic heterocycles. The second-order valence-electron chi connectivity index (χ2n) is 5.05. The SMILES string of the molecule is CNCc1cn(S(=O)(=O)c2ccc(Br)s2)c(-c2cccnc2F)c1F.Cl. The van der Waals surface area contributed by atoms with E-state index in [0.717, 1.165) is 21.5 Å². The Morgan fingerprint density at radius 2 is 2.04 bits per heavy atom. The molecule has 5 nitrogen and oxygen atoms in total. The molecular formula is C15H13BrClF2N3O2S2. The van der Waals surface area contributed by atoms with E-state index in [1.807, 2.05) is 0 Å². The van der Waals surface area contributed by atoms with Crippen molar-refractivity contribution in [3.8, 4) is 11.3 Å². The van der Waals surface area contributed by atoms with Crippen molar-refractivity contribution < 1.29 is 17.2 Å². The van der Waals surface area contributed by atoms with Gasteiger partial charge >= 0.3 is 0 Å². The second kappa shape index (κ2) is 8.13. The molecule has 0 saturated heterocycles. The normalized spacial score (nSPS) is 11.4. The fraction of sp³-hybridized carbons (Fsp3) is 0.133. The largest absolute Gasteiger partial charge is 0.316 e. The van der Waals surface area contributed by atoms with E-state index in [1.54, 1.807) is 13.1 Å². The first-order valence-electron chi connectivity index (χ1n) is 7.02. The first kappa shape index (κ1) is 21.0. The minimum Gasteiger partial charge on any atom is -0.316 e. The molecule has 11 heteroatoms. The molecule has 0 spiro atoms. The molecule has 0 saturated carbocycles. The summed E-state index contributed by atoms with van der Waals surface area (Å²) in [6.07, 6.45) is 2.37. The second-order valence-corrected chi connectivity index (χ2v) is 9.55. The smallest absolute Gasteiger partial charge is 0.277 e. The third-order valence-corrected chi connectivity index (χ3v) is 7.18. The van der Waals surface area contributed by atoms with Gasteiger partial charge in [0.05, 0.1) is 9.35 Å². The van der Waals surface area contributed by atoms with Crippen LogP contribution in [-0.4, -0.2) is 24.4 Å². The summed E-state index contributed by atoms with van der Waals surface area (Å²) in [4.78, 5) is 3.49. The molecule has 0 unspecified atom stereocenters. The van der Waals surface area contributed by atoms with E-state index >= 15 is 0 Å². The van der Waals surface area contributed by atoms with Gasteiger partial charge in [-0.3, -0.25) is 0 Å². The van der Waals surface area contributed by atoms with Gasteiger partial charge in [-0.05, 0) is 47.2 Å². The zero-order valence-corrected chi connectivity index (χ0v) is 17.3. The van der Waals surface area contributed by atoms with Crippen LogP contribution in [0.3, 0.4) is 0 Å². The Morgan fingerprint density at radius 1 is 1.31 bits per heavy atom. The Morgan fingerprint density at radius 3 is 2.62 bits per heavy atom. The van der Waals surface area contributed by atoms with Crippen LogP contribution in [0.25, 0.3) is 11.3 Å². The van der Waals surface area contributed by atoms with Crippen LogP contribution in [0, 0.1) is 11.8 Å². The van der Waals surface area contributed by atoms with Crippen molar-refractivity contribution in [1.29, 1.82) is 0 Å². The molecule has 0 amide bonds. The molecule has 0 aromatic carbocycles. The first-order chi connectivity index (χ1) is 11.9. The quantitative estimate of drug-likeness (QED) is 0.556. The molecule has 0 fully saturated rings. The van der Waals surface area contributed by atoms with Crippen LogP contribution in [0.15, 0.2) is 44.7 Å². The zero-order chi connectivity index (χ0) is 18.2. The average molecular weight is 485 g/mol. The highest BCUT2D eigenvalue weighted by Crippen LogP contribution is 2.34. The summed E-state index contributed by atoms with van der Waals surface area (Å²) in [5.74, 6) is -1.75. The third-order valence-electron chi connectivity index (χ3n) is 3.43. The number of aromatic nitrogens is 2. The molecule has 0 aliphatic carbocycles. The van der Waals surface area contributed by atoms with Crippen LogP contribution in [0.4, 0.5) is 8.78 Å². The van der Waals surface area contributed by atoms with Crippen molar-refractivity contribution >= 4 is 49.7 Å². The van der Waals surface area contributed by atoms with Crippen LogP contribution < -0.4 is 5.32 Å². The number of nitrogens with zero attached hydrogens (tertiary/aromatic N) is 2. The topological polar surface area (TPSA) is 64.0 Å². The van der Waals surface area contributed by atoms with Gasteiger partial charge in [0, 0.05) is 24.5 Å². The lowest BCUT2D eigenvalue weighted by Gasteiger charge is -2.09. The van der Waals surface area contributed by atoms with Crippen LogP contribution in [0.5, 0.6) is 0 Å². The van der Waals surface area contributed by atoms with Gasteiger partial charge in [0.15, 0.2) is 5.82 Å². The summed E-state index contributed by atoms with van der Waals surface area (Å²) in [5, 5.41) is 2.76. The van der Waals surface area contributed by atoms with Gasteiger partial charge in [-0.1, -0.05) is 0 Å². The van der Waals surface area contributed by atoms with E-state index in [2.05, 4.69) is 26.2 Å². The molecule has 1 N–H and O–H groups in total. The minimum atomic E-state index is -4.09. The van der Waals surface area contributed by atoms with E-state index < -0.39 is 21.8 Å². The van der Waals surface area contributed by atoms with Crippen LogP contribution in [-0.2, 0) is 16.6 Å². The van der Waals surface area contributed by atoms with Gasteiger partial charge in [-0.2, -0.15) is 12.8 Å². The van der Waals surface area contributed by atoms with E-state index in [9.17, 15) is 17.2 Å². The predicted octanol–water partition coefficient (Wildman–Crippen LogP) is 4.03. The van der Waals surface area contributed by atoms with Crippen molar-refractivity contribution in [2.24, 2.45) is 0 Å². The highest BCUT2D eigenvalue weighted by molar-refractivity contribution is 9.11. The number of hydrogen-bond donors (Lipinski definition) is 1. The van der Waals surface area contributed by atoms with Crippen molar-refractivity contribution in [3.05, 3.63) is 57.8 Å². The summed E-state index contributed by atoms with van der Waals surface area (Å²) in [6.45, 7) is 0.0946. The molecule has 0 bridgehead atoms. The fourth-order valence-corrected chi connectivity index (χ4v) is 5.84. The number of thiophene rings is 1. The molecule has 26 heavy (non-hydrogen) atoms. The van der Waals surface area contributed by atoms with Crippen molar-refractivity contribution in [2.75, 3.05) is 7.05 Å². The van der Waals surface area contributed by atoms with E-state index in [4.69, 9.17) is 0 Å². The van der Waals surface area contributed by atoms with Gasteiger partial charge in [-0.25, -0.2) is 13.3 Å². The number of halogens is 4. The first-order valence-corrected chi connectivity index (χ1v) is 10.1. The molecule has 3 heterocycles. The summed E-state index contributed by atoms with van der Waals surface area (Å²) in [5.41, 5.74) is -0.484. The number of nitrogens with one attached hydrogen (secondary N) is 1. The number of hydrogen-bond acceptors (Lipinski definition) is 5. The van der Waals surface area contributed by atoms with Gasteiger partial charge in [0.2, 0.25) is 5.95 Å². The van der Waals surface area contributed by atoms with Gasteiger partial charge in [0.1, 0.15) is 9.90 Å². The maximum Gasteiger partial charge on any atom is 0.277 e. The van der Waals surface area contributed by atoms with E-state index in [1.165, 1.54) is 24.4 Å². The fourth-order valence-electron chi connectivity index (χ4n) is 2.35. The molecule has 3 rings (SSSR count). The molecule has 0 radical (unpaired) electrons. The molecule has 0 aliphatic heterocycles. The zero-order valence-electron chi connectivity index (χ0n) is 13.2. The Bertz CT molecular complexity index is 1040. The summed E-state index contributed by atoms with van der Waals surface area (Å²) < 4.78 is 56.3. The van der Waals surface area contributed by atoms with Crippen LogP contribution in [0.1, 0.15) is 5.56 Å². The summed E-state index contributed by atoms with van der Waals surface area (Å²) >= 11 is 4.19. The highest BCUT2D eigenvalue weighted by atomic mass is 79.9. The summed E-state index contributed by atoms with van der Waals surface area (Å²) in [6, 6.07) is 5.70. The Balaban J connectivity index is 0.00000243. The van der Waals surface area contributed by atoms with E-state index in [-0.39, 0.29) is 40.0 Å². The Labute approximate surface area is 167 Å². The van der Waals surface area contributed by atoms with Gasteiger partial charge < -0.3 is 5.32 Å². The molecule has 140 valence electrons. The van der Waals surface area contributed by atoms with Crippen LogP contribution >= 0.6 is 39.7 Å². The minimum absolute atomic E-state index is 0. The average Bonchev–Trinajstić information content (AvgIpc) is 3.14. The molecule has 3 aromatic rings. The maximum absolute atomic E-state index is 14.9. The van der Waals surface area contributed by atoms with Crippen molar-refractivity contribution in [1.82, 2.24) is 14.3 Å². The van der Waals surface area contributed by atoms with E-state index in [0.29, 0.717) is 3.79 Å². The number of pyridine rings is 1. The number of rotatable bonds is 5. The van der Waals surface area contributed by atoms with Crippen molar-refractivity contribution in [2.45, 2.75) is 10.8 Å². The molecule has 0 atom stereocenters. The van der Waals surface area contributed by atoms with Gasteiger partial charge in [-0.15, -0.1) is 23.7 Å². The predicted molar refractivity (Wildman–Crippen MR) is 102 cm³/mol. The third kappa shape index (κ3) is 3.70. The van der Waals surface area contributed by atoms with Crippen LogP contribution in [0.2, 0.25) is 0 Å². The molecular weight excluding hydrogens is 472 g/mol. The highest BCUT2D eigenvalue weighted by Gasteiger charge is 2.29. The Kier molecular flexibility index (Phi) is 6.56. The maximum atomic E-state index is 14.9.